The molecule has 0 spiro atoms. The average molecular weight is 541 g/mol. The van der Waals surface area contributed by atoms with Crippen LogP contribution in [0.2, 0.25) is 0 Å². The van der Waals surface area contributed by atoms with Gasteiger partial charge in [0.25, 0.3) is 0 Å². The SMILES string of the molecule is CCN1C[C@@H]2C[C@H]1CN2Cc1ccc(Cn2c(-c3cncc(F)c3)nc3c(N)nc(C)nc32)cc1.S.S. The number of aromatic nitrogens is 5. The number of piperazine rings is 1. The Morgan fingerprint density at radius 3 is 2.27 bits per heavy atom. The summed E-state index contributed by atoms with van der Waals surface area (Å²) in [5.41, 5.74) is 10.3. The van der Waals surface area contributed by atoms with Crippen molar-refractivity contribution in [1.82, 2.24) is 34.3 Å². The number of likely N-dealkylation sites (N-methyl/N-ethyl adjacent to an activating group) is 1. The van der Waals surface area contributed by atoms with Gasteiger partial charge in [0.15, 0.2) is 17.0 Å². The highest BCUT2D eigenvalue weighted by molar-refractivity contribution is 7.59. The largest absolute Gasteiger partial charge is 0.382 e. The maximum Gasteiger partial charge on any atom is 0.166 e. The predicted molar refractivity (Wildman–Crippen MR) is 154 cm³/mol. The van der Waals surface area contributed by atoms with Gasteiger partial charge in [-0.2, -0.15) is 27.0 Å². The Balaban J connectivity index is 0.00000160. The first kappa shape index (κ1) is 27.3. The second-order valence-corrected chi connectivity index (χ2v) is 9.62. The van der Waals surface area contributed by atoms with Crippen molar-refractivity contribution in [3.63, 3.8) is 0 Å². The van der Waals surface area contributed by atoms with Crippen molar-refractivity contribution in [1.29, 1.82) is 0 Å². The highest BCUT2D eigenvalue weighted by Gasteiger charge is 2.42. The highest BCUT2D eigenvalue weighted by Crippen LogP contribution is 2.32. The number of halogens is 1. The molecule has 6 rings (SSSR count). The van der Waals surface area contributed by atoms with Gasteiger partial charge in [-0.15, -0.1) is 0 Å². The molecule has 11 heteroatoms. The van der Waals surface area contributed by atoms with Gasteiger partial charge in [0.05, 0.1) is 12.7 Å². The van der Waals surface area contributed by atoms with Crippen LogP contribution >= 0.6 is 27.0 Å². The molecule has 2 fully saturated rings. The molecule has 196 valence electrons. The molecular formula is C26H33FN8S2. The zero-order chi connectivity index (χ0) is 24.1. The number of rotatable bonds is 6. The number of aryl methyl sites for hydroxylation is 1. The average Bonchev–Trinajstić information content (AvgIpc) is 3.53. The van der Waals surface area contributed by atoms with Crippen molar-refractivity contribution in [2.75, 3.05) is 25.4 Å². The lowest BCUT2D eigenvalue weighted by Crippen LogP contribution is -2.45. The molecule has 2 aliphatic heterocycles. The van der Waals surface area contributed by atoms with Gasteiger partial charge in [0.2, 0.25) is 0 Å². The molecule has 2 saturated heterocycles. The van der Waals surface area contributed by atoms with E-state index < -0.39 is 5.82 Å². The molecule has 37 heavy (non-hydrogen) atoms. The first-order valence-corrected chi connectivity index (χ1v) is 12.2. The number of hydrogen-bond donors (Lipinski definition) is 1. The van der Waals surface area contributed by atoms with Gasteiger partial charge in [-0.05, 0) is 37.1 Å². The minimum Gasteiger partial charge on any atom is -0.382 e. The highest BCUT2D eigenvalue weighted by atomic mass is 32.1. The third kappa shape index (κ3) is 5.18. The van der Waals surface area contributed by atoms with Crippen LogP contribution in [0.25, 0.3) is 22.6 Å². The molecule has 3 aromatic heterocycles. The Labute approximate surface area is 230 Å². The number of anilines is 1. The minimum absolute atomic E-state index is 0. The second kappa shape index (κ2) is 10.9. The summed E-state index contributed by atoms with van der Waals surface area (Å²) in [6.45, 7) is 9.06. The summed E-state index contributed by atoms with van der Waals surface area (Å²) < 4.78 is 15.9. The Hall–Kier alpha value is -2.73. The lowest BCUT2D eigenvalue weighted by atomic mass is 10.1. The van der Waals surface area contributed by atoms with Crippen LogP contribution in [0, 0.1) is 12.7 Å². The van der Waals surface area contributed by atoms with E-state index in [4.69, 9.17) is 5.73 Å². The van der Waals surface area contributed by atoms with Crippen LogP contribution in [0.3, 0.4) is 0 Å². The van der Waals surface area contributed by atoms with Crippen molar-refractivity contribution >= 4 is 44.0 Å². The normalized spacial score (nSPS) is 19.2. The number of nitrogens with zero attached hydrogens (tertiary/aromatic N) is 7. The summed E-state index contributed by atoms with van der Waals surface area (Å²) in [4.78, 5) is 22.8. The Bertz CT molecular complexity index is 1390. The zero-order valence-corrected chi connectivity index (χ0v) is 23.0. The molecule has 8 nitrogen and oxygen atoms in total. The van der Waals surface area contributed by atoms with E-state index >= 15 is 0 Å². The molecule has 5 heterocycles. The van der Waals surface area contributed by atoms with Crippen LogP contribution in [-0.2, 0) is 13.1 Å². The summed E-state index contributed by atoms with van der Waals surface area (Å²) in [5, 5.41) is 0. The number of pyridine rings is 1. The second-order valence-electron chi connectivity index (χ2n) is 9.62. The summed E-state index contributed by atoms with van der Waals surface area (Å²) in [6.07, 6.45) is 4.07. The third-order valence-corrected chi connectivity index (χ3v) is 7.32. The molecule has 2 atom stereocenters. The molecule has 2 bridgehead atoms. The van der Waals surface area contributed by atoms with Crippen LogP contribution < -0.4 is 5.73 Å². The van der Waals surface area contributed by atoms with Crippen LogP contribution in [0.5, 0.6) is 0 Å². The molecule has 2 aliphatic rings. The van der Waals surface area contributed by atoms with Gasteiger partial charge in [-0.3, -0.25) is 14.8 Å². The quantitative estimate of drug-likeness (QED) is 0.401. The molecule has 1 aromatic carbocycles. The summed E-state index contributed by atoms with van der Waals surface area (Å²) in [6, 6.07) is 11.5. The van der Waals surface area contributed by atoms with E-state index in [0.717, 1.165) is 25.2 Å². The number of fused-ring (bicyclic) bond motifs is 3. The van der Waals surface area contributed by atoms with E-state index in [2.05, 4.69) is 60.9 Å². The van der Waals surface area contributed by atoms with Crippen molar-refractivity contribution in [3.8, 4) is 11.4 Å². The number of nitrogens with two attached hydrogens (primary N) is 1. The van der Waals surface area contributed by atoms with E-state index in [0.29, 0.717) is 52.8 Å². The molecular weight excluding hydrogens is 507 g/mol. The van der Waals surface area contributed by atoms with E-state index in [1.807, 2.05) is 4.57 Å². The van der Waals surface area contributed by atoms with Crippen molar-refractivity contribution in [3.05, 3.63) is 65.5 Å². The number of likely N-dealkylation sites (tertiary alicyclic amines) is 2. The monoisotopic (exact) mass is 540 g/mol. The molecule has 0 saturated carbocycles. The van der Waals surface area contributed by atoms with Gasteiger partial charge >= 0.3 is 0 Å². The van der Waals surface area contributed by atoms with Crippen molar-refractivity contribution < 1.29 is 4.39 Å². The first-order valence-electron chi connectivity index (χ1n) is 12.2. The van der Waals surface area contributed by atoms with E-state index in [9.17, 15) is 4.39 Å². The van der Waals surface area contributed by atoms with Gasteiger partial charge in [0, 0.05) is 43.5 Å². The summed E-state index contributed by atoms with van der Waals surface area (Å²) in [7, 11) is 0. The fraction of sp³-hybridized carbons (Fsp3) is 0.385. The molecule has 4 aromatic rings. The lowest BCUT2D eigenvalue weighted by molar-refractivity contribution is 0.127. The molecule has 0 aliphatic carbocycles. The van der Waals surface area contributed by atoms with Crippen molar-refractivity contribution in [2.45, 2.75) is 45.4 Å². The van der Waals surface area contributed by atoms with E-state index in [1.165, 1.54) is 30.8 Å². The molecule has 0 radical (unpaired) electrons. The van der Waals surface area contributed by atoms with Crippen molar-refractivity contribution in [2.24, 2.45) is 0 Å². The number of benzene rings is 1. The molecule has 0 unspecified atom stereocenters. The Kier molecular flexibility index (Phi) is 8.08. The topological polar surface area (TPSA) is 89.0 Å². The third-order valence-electron chi connectivity index (χ3n) is 7.32. The van der Waals surface area contributed by atoms with Gasteiger partial charge < -0.3 is 10.3 Å². The lowest BCUT2D eigenvalue weighted by Gasteiger charge is -2.33. The van der Waals surface area contributed by atoms with Crippen LogP contribution in [0.4, 0.5) is 10.2 Å². The molecule has 0 amide bonds. The minimum atomic E-state index is -0.418. The summed E-state index contributed by atoms with van der Waals surface area (Å²) >= 11 is 0. The first-order chi connectivity index (χ1) is 17.0. The zero-order valence-electron chi connectivity index (χ0n) is 21.0. The smallest absolute Gasteiger partial charge is 0.166 e. The summed E-state index contributed by atoms with van der Waals surface area (Å²) in [5.74, 6) is 1.03. The van der Waals surface area contributed by atoms with E-state index in [1.54, 1.807) is 13.1 Å². The predicted octanol–water partition coefficient (Wildman–Crippen LogP) is 3.47. The number of hydrogen-bond acceptors (Lipinski definition) is 7. The maximum atomic E-state index is 14.0. The maximum absolute atomic E-state index is 14.0. The van der Waals surface area contributed by atoms with Gasteiger partial charge in [-0.25, -0.2) is 19.3 Å². The number of nitrogen functional groups attached to an aromatic ring is 1. The number of imidazole rings is 1. The standard InChI is InChI=1S/C26H29FN8.2H2S/c1-3-33-14-22-9-21(33)15-34(22)12-17-4-6-18(7-5-17)13-35-25(19-8-20(27)11-29-10-19)32-23-24(28)30-16(2)31-26(23)35;;/h4-8,10-11,21-22H,3,9,12-15H2,1-2H3,(H2,28,30,31);2*1H2/t21-,22-;;/m0../s1. The molecule has 2 N–H and O–H groups in total. The van der Waals surface area contributed by atoms with Crippen LogP contribution in [0.15, 0.2) is 42.7 Å². The Morgan fingerprint density at radius 2 is 1.62 bits per heavy atom. The van der Waals surface area contributed by atoms with Gasteiger partial charge in [0.1, 0.15) is 17.5 Å². The fourth-order valence-electron chi connectivity index (χ4n) is 5.62. The Morgan fingerprint density at radius 1 is 0.946 bits per heavy atom. The van der Waals surface area contributed by atoms with Crippen LogP contribution in [0.1, 0.15) is 30.3 Å². The fourth-order valence-corrected chi connectivity index (χ4v) is 5.62. The van der Waals surface area contributed by atoms with E-state index in [-0.39, 0.29) is 27.0 Å². The van der Waals surface area contributed by atoms with Gasteiger partial charge in [-0.1, -0.05) is 31.2 Å². The van der Waals surface area contributed by atoms with Crippen LogP contribution in [-0.4, -0.2) is 66.0 Å².